The van der Waals surface area contributed by atoms with E-state index in [1.807, 2.05) is 26.8 Å². The van der Waals surface area contributed by atoms with E-state index >= 15 is 0 Å². The number of likely N-dealkylation sites (N-methyl/N-ethyl adjacent to an activating group) is 1. The number of likely N-dealkylation sites (tertiary alicyclic amines) is 1. The summed E-state index contributed by atoms with van der Waals surface area (Å²) in [5.41, 5.74) is 8.72. The molecule has 8 rings (SSSR count). The zero-order valence-electron chi connectivity index (χ0n) is 45.5. The van der Waals surface area contributed by atoms with Gasteiger partial charge in [0.1, 0.15) is 18.1 Å². The molecule has 76 heavy (non-hydrogen) atoms. The molecule has 0 saturated carbocycles. The summed E-state index contributed by atoms with van der Waals surface area (Å²) in [6, 6.07) is 7.15. The number of halogens is 3. The van der Waals surface area contributed by atoms with Gasteiger partial charge >= 0.3 is 18.2 Å². The maximum absolute atomic E-state index is 14.9. The molecule has 0 aliphatic carbocycles. The summed E-state index contributed by atoms with van der Waals surface area (Å²) in [7, 11) is 3.21. The zero-order valence-corrected chi connectivity index (χ0v) is 45.5. The third-order valence-corrected chi connectivity index (χ3v) is 16.2. The van der Waals surface area contributed by atoms with Gasteiger partial charge in [0.2, 0.25) is 11.8 Å². The van der Waals surface area contributed by atoms with Crippen LogP contribution in [0.25, 0.3) is 27.7 Å². The van der Waals surface area contributed by atoms with E-state index in [0.29, 0.717) is 45.3 Å². The normalized spacial score (nSPS) is 23.4. The highest BCUT2D eigenvalue weighted by Gasteiger charge is 2.49. The lowest BCUT2D eigenvalue weighted by molar-refractivity contribution is -0.174. The van der Waals surface area contributed by atoms with Crippen LogP contribution < -0.4 is 10.7 Å². The number of rotatable bonds is 10. The van der Waals surface area contributed by atoms with Gasteiger partial charge in [0.05, 0.1) is 30.6 Å². The van der Waals surface area contributed by atoms with Gasteiger partial charge in [-0.2, -0.15) is 13.2 Å². The number of cyclic esters (lactones) is 1. The van der Waals surface area contributed by atoms with Gasteiger partial charge in [0.15, 0.2) is 0 Å². The highest BCUT2D eigenvalue weighted by molar-refractivity contribution is 5.95. The van der Waals surface area contributed by atoms with Crippen LogP contribution in [0.1, 0.15) is 96.6 Å². The number of pyridine rings is 1. The van der Waals surface area contributed by atoms with E-state index in [1.165, 1.54) is 26.8 Å². The molecule has 1 aromatic carbocycles. The van der Waals surface area contributed by atoms with Crippen molar-refractivity contribution in [2.45, 2.75) is 123 Å². The summed E-state index contributed by atoms with van der Waals surface area (Å²) < 4.78 is 55.9. The number of hydrogen-bond donors (Lipinski definition) is 2. The number of piperidine rings is 1. The van der Waals surface area contributed by atoms with E-state index in [9.17, 15) is 37.1 Å². The highest BCUT2D eigenvalue weighted by atomic mass is 19.4. The molecular weight excluding hydrogens is 982 g/mol. The molecule has 5 aliphatic rings. The molecule has 2 aromatic heterocycles. The number of nitrogens with one attached hydrogen (secondary N) is 2. The second-order valence-corrected chi connectivity index (χ2v) is 22.5. The number of amides is 5. The lowest BCUT2D eigenvalue weighted by Gasteiger charge is -2.54. The van der Waals surface area contributed by atoms with Gasteiger partial charge in [0, 0.05) is 113 Å². The standard InChI is InChI=1S/C56H77F3N10O7/c1-10-46(70)66-27-28-67(34-56(57,58)59)55(33-66)20-25-65(26-21-55)53(74)63(8)48(36(3)4)50(71)61-44-32-64-23-13-15-39(31-64)38-18-19-45-41(29-38)42(49(68(45)11-2)40-16-12-22-60-47(40)37(5)75-9)30-54(6,7)35-76-52(73)43-17-14-24-69(62-43)51(44)72/h10,12,15-16,18-19,22,29,36-37,43-44,48,62H,1,11,13-14,17,20-21,23-28,30-35H2,2-9H3,(H,61,71)/t37-,43-,44-,48-/m0/s1. The number of ether oxygens (including phenoxy) is 2. The number of aromatic nitrogens is 2. The quantitative estimate of drug-likeness (QED) is 0.170. The number of urea groups is 1. The van der Waals surface area contributed by atoms with Crippen LogP contribution in [-0.4, -0.2) is 185 Å². The Morgan fingerprint density at radius 3 is 2.49 bits per heavy atom. The molecule has 6 bridgehead atoms. The molecule has 5 atom stereocenters. The maximum atomic E-state index is 14.9. The van der Waals surface area contributed by atoms with Crippen LogP contribution in [0.3, 0.4) is 0 Å². The van der Waals surface area contributed by atoms with Crippen molar-refractivity contribution in [1.29, 1.82) is 0 Å². The molecule has 17 nitrogen and oxygen atoms in total. The number of fused-ring (bicyclic) bond motifs is 6. The fraction of sp³-hybridized carbons (Fsp3) is 0.607. The van der Waals surface area contributed by atoms with Crippen LogP contribution in [0.2, 0.25) is 0 Å². The minimum Gasteiger partial charge on any atom is -0.464 e. The molecule has 3 fully saturated rings. The summed E-state index contributed by atoms with van der Waals surface area (Å²) in [6.07, 6.45) is 3.02. The maximum Gasteiger partial charge on any atom is 0.401 e. The van der Waals surface area contributed by atoms with Crippen LogP contribution in [0, 0.1) is 11.3 Å². The number of esters is 1. The Balaban J connectivity index is 1.08. The Labute approximate surface area is 444 Å². The number of hydrazine groups is 1. The van der Waals surface area contributed by atoms with E-state index in [2.05, 4.69) is 77.9 Å². The van der Waals surface area contributed by atoms with Crippen molar-refractivity contribution in [3.05, 3.63) is 72.1 Å². The van der Waals surface area contributed by atoms with Gasteiger partial charge in [0.25, 0.3) is 5.91 Å². The lowest BCUT2D eigenvalue weighted by Crippen LogP contribution is -2.68. The highest BCUT2D eigenvalue weighted by Crippen LogP contribution is 2.42. The number of hydrogen-bond acceptors (Lipinski definition) is 11. The molecule has 1 spiro atoms. The van der Waals surface area contributed by atoms with Crippen molar-refractivity contribution in [3.63, 3.8) is 0 Å². The fourth-order valence-corrected chi connectivity index (χ4v) is 12.2. The largest absolute Gasteiger partial charge is 0.464 e. The molecule has 414 valence electrons. The Morgan fingerprint density at radius 2 is 1.80 bits per heavy atom. The van der Waals surface area contributed by atoms with Crippen molar-refractivity contribution in [3.8, 4) is 11.3 Å². The SMILES string of the molecule is C=CC(=O)N1CCN(CC(F)(F)F)C2(CCN(C(=O)N(C)[C@H](C(=O)N[C@H]3CN4CCC=C(C4)c4ccc5c(c4)c(c(-c4cccnc4[C@H](C)OC)n5CC)CC(C)(C)COC(=O)[C@@H]4CCCN(N4)C3=O)C(C)C)CC2)C1. The first-order valence-electron chi connectivity index (χ1n) is 26.9. The second-order valence-electron chi connectivity index (χ2n) is 22.5. The number of alkyl halides is 3. The summed E-state index contributed by atoms with van der Waals surface area (Å²) in [4.78, 5) is 83.6. The summed E-state index contributed by atoms with van der Waals surface area (Å²) >= 11 is 0. The number of carbonyl (C=O) groups excluding carboxylic acids is 5. The minimum absolute atomic E-state index is 0.0300. The van der Waals surface area contributed by atoms with E-state index in [1.54, 1.807) is 18.2 Å². The van der Waals surface area contributed by atoms with Crippen molar-refractivity contribution in [1.82, 2.24) is 49.8 Å². The number of methoxy groups -OCH3 is 1. The number of aryl methyl sites for hydroxylation is 1. The number of carbonyl (C=O) groups is 5. The topological polar surface area (TPSA) is 165 Å². The van der Waals surface area contributed by atoms with Crippen molar-refractivity contribution < 1.29 is 46.6 Å². The molecule has 7 heterocycles. The van der Waals surface area contributed by atoms with E-state index in [4.69, 9.17) is 14.5 Å². The molecule has 0 radical (unpaired) electrons. The molecule has 2 N–H and O–H groups in total. The molecule has 3 aromatic rings. The predicted molar refractivity (Wildman–Crippen MR) is 283 cm³/mol. The van der Waals surface area contributed by atoms with Crippen LogP contribution in [-0.2, 0) is 41.6 Å². The molecule has 5 amide bonds. The average molecular weight is 1060 g/mol. The fourth-order valence-electron chi connectivity index (χ4n) is 12.2. The first kappa shape index (κ1) is 56.4. The summed E-state index contributed by atoms with van der Waals surface area (Å²) in [6.45, 7) is 17.1. The third-order valence-electron chi connectivity index (χ3n) is 16.2. The van der Waals surface area contributed by atoms with E-state index in [0.717, 1.165) is 50.6 Å². The molecule has 3 saturated heterocycles. The van der Waals surface area contributed by atoms with Crippen LogP contribution in [0.4, 0.5) is 18.0 Å². The summed E-state index contributed by atoms with van der Waals surface area (Å²) in [5.74, 6) is -2.24. The van der Waals surface area contributed by atoms with E-state index in [-0.39, 0.29) is 77.3 Å². The van der Waals surface area contributed by atoms with Crippen LogP contribution in [0.15, 0.2) is 55.3 Å². The van der Waals surface area contributed by atoms with Crippen molar-refractivity contribution >= 4 is 46.2 Å². The van der Waals surface area contributed by atoms with Gasteiger partial charge in [-0.05, 0) is 105 Å². The Bertz CT molecular complexity index is 2700. The van der Waals surface area contributed by atoms with Gasteiger partial charge < -0.3 is 34.1 Å². The first-order chi connectivity index (χ1) is 36.1. The monoisotopic (exact) mass is 1060 g/mol. The van der Waals surface area contributed by atoms with Gasteiger partial charge in [-0.1, -0.05) is 46.4 Å². The van der Waals surface area contributed by atoms with Crippen LogP contribution >= 0.6 is 0 Å². The molecule has 5 aliphatic heterocycles. The molecule has 1 unspecified atom stereocenters. The number of nitrogens with zero attached hydrogens (tertiary/aromatic N) is 8. The second kappa shape index (κ2) is 23.0. The first-order valence-corrected chi connectivity index (χ1v) is 26.9. The van der Waals surface area contributed by atoms with Crippen molar-refractivity contribution in [2.24, 2.45) is 11.3 Å². The lowest BCUT2D eigenvalue weighted by atomic mass is 9.83. The van der Waals surface area contributed by atoms with Gasteiger partial charge in [-0.15, -0.1) is 0 Å². The Kier molecular flexibility index (Phi) is 17.1. The van der Waals surface area contributed by atoms with Gasteiger partial charge in [-0.3, -0.25) is 39.0 Å². The Morgan fingerprint density at radius 1 is 1.05 bits per heavy atom. The van der Waals surface area contributed by atoms with Gasteiger partial charge in [-0.25, -0.2) is 10.2 Å². The zero-order chi connectivity index (χ0) is 54.9. The van der Waals surface area contributed by atoms with E-state index < -0.39 is 71.5 Å². The number of piperazine rings is 1. The molecule has 20 heteroatoms. The average Bonchev–Trinajstić information content (AvgIpc) is 3.70. The van der Waals surface area contributed by atoms with Crippen LogP contribution in [0.5, 0.6) is 0 Å². The smallest absolute Gasteiger partial charge is 0.401 e. The summed E-state index contributed by atoms with van der Waals surface area (Å²) in [5, 5.41) is 5.56. The predicted octanol–water partition coefficient (Wildman–Crippen LogP) is 6.43. The van der Waals surface area contributed by atoms with Crippen molar-refractivity contribution in [2.75, 3.05) is 86.2 Å². The third kappa shape index (κ3) is 12.0. The Hall–Kier alpha value is -5.83. The molecular formula is C56H77F3N10O7. The minimum atomic E-state index is -4.46. The number of benzene rings is 1.